The second-order valence-corrected chi connectivity index (χ2v) is 9.81. The Bertz CT molecular complexity index is 1590. The maximum Gasteiger partial charge on any atom is 0.417 e. The normalized spacial score (nSPS) is 17.0. The molecule has 0 unspecified atom stereocenters. The minimum Gasteiger partial charge on any atom is -0.408 e. The molecule has 0 aliphatic carbocycles. The van der Waals surface area contributed by atoms with Gasteiger partial charge in [0.25, 0.3) is 11.8 Å². The number of benzene rings is 2. The summed E-state index contributed by atoms with van der Waals surface area (Å²) in [5, 5.41) is 3.03. The second kappa shape index (κ2) is 8.44. The van der Waals surface area contributed by atoms with Crippen LogP contribution in [-0.2, 0) is 18.4 Å². The van der Waals surface area contributed by atoms with Gasteiger partial charge in [0, 0.05) is 12.0 Å². The molecule has 3 heterocycles. The van der Waals surface area contributed by atoms with Crippen LogP contribution in [0.2, 0.25) is 0 Å². The number of nitrogens with one attached hydrogen (secondary N) is 2. The molecule has 0 saturated heterocycles. The van der Waals surface area contributed by atoms with Crippen LogP contribution in [0.4, 0.5) is 4.39 Å². The third-order valence-corrected chi connectivity index (χ3v) is 6.44. The maximum atomic E-state index is 13.5. The monoisotopic (exact) mass is 488 g/mol. The molecule has 8 nitrogen and oxygen atoms in total. The van der Waals surface area contributed by atoms with Gasteiger partial charge in [-0.15, -0.1) is 0 Å². The van der Waals surface area contributed by atoms with Crippen LogP contribution < -0.4 is 16.8 Å². The van der Waals surface area contributed by atoms with Crippen molar-refractivity contribution in [1.82, 2.24) is 15.3 Å². The van der Waals surface area contributed by atoms with E-state index in [1.165, 1.54) is 12.1 Å². The SMILES string of the molecule is CC(C)Cc1nc2c(c(-c3ccc4[nH]c(=O)oc4c3)c1C(N)=O)C(=O)N[C@@]2(C)Cc1ccc(F)cc1. The summed E-state index contributed by atoms with van der Waals surface area (Å²) in [5.74, 6) is -1.91. The topological polar surface area (TPSA) is 131 Å². The average Bonchev–Trinajstić information content (AvgIpc) is 3.29. The Morgan fingerprint density at radius 3 is 2.53 bits per heavy atom. The number of rotatable bonds is 6. The van der Waals surface area contributed by atoms with E-state index >= 15 is 0 Å². The van der Waals surface area contributed by atoms with Gasteiger partial charge in [0.05, 0.1) is 33.6 Å². The van der Waals surface area contributed by atoms with E-state index in [2.05, 4.69) is 10.3 Å². The first-order chi connectivity index (χ1) is 17.1. The molecular weight excluding hydrogens is 463 g/mol. The number of pyridine rings is 1. The van der Waals surface area contributed by atoms with Crippen molar-refractivity contribution in [1.29, 1.82) is 0 Å². The molecule has 0 saturated carbocycles. The van der Waals surface area contributed by atoms with Crippen LogP contribution in [0.3, 0.4) is 0 Å². The van der Waals surface area contributed by atoms with Crippen LogP contribution in [0.25, 0.3) is 22.2 Å². The first-order valence-electron chi connectivity index (χ1n) is 11.6. The van der Waals surface area contributed by atoms with Crippen molar-refractivity contribution in [2.24, 2.45) is 11.7 Å². The van der Waals surface area contributed by atoms with E-state index in [1.807, 2.05) is 20.8 Å². The molecule has 2 amide bonds. The number of aromatic amines is 1. The number of H-pyrrole nitrogens is 1. The molecule has 36 heavy (non-hydrogen) atoms. The lowest BCUT2D eigenvalue weighted by molar-refractivity contribution is 0.0935. The van der Waals surface area contributed by atoms with E-state index in [1.54, 1.807) is 30.3 Å². The quantitative estimate of drug-likeness (QED) is 0.380. The molecule has 2 aromatic heterocycles. The molecule has 0 fully saturated rings. The molecule has 5 rings (SSSR count). The standard InChI is InChI=1S/C27H25FN4O4/c1-13(2)10-18-21(24(29)33)20(15-6-9-17-19(11-15)36-26(35)31-17)22-23(30-18)27(3,32-25(22)34)12-14-4-7-16(28)8-5-14/h4-9,11,13H,10,12H2,1-3H3,(H2,29,33)(H,31,35)(H,32,34)/t27-/m0/s1. The Morgan fingerprint density at radius 2 is 1.86 bits per heavy atom. The highest BCUT2D eigenvalue weighted by Gasteiger charge is 2.44. The number of halogens is 1. The van der Waals surface area contributed by atoms with Crippen LogP contribution in [-0.4, -0.2) is 21.8 Å². The fourth-order valence-corrected chi connectivity index (χ4v) is 4.95. The Kier molecular flexibility index (Phi) is 5.50. The fourth-order valence-electron chi connectivity index (χ4n) is 4.95. The van der Waals surface area contributed by atoms with E-state index in [0.29, 0.717) is 40.9 Å². The second-order valence-electron chi connectivity index (χ2n) is 9.81. The van der Waals surface area contributed by atoms with Gasteiger partial charge in [0.2, 0.25) is 0 Å². The third kappa shape index (κ3) is 3.96. The summed E-state index contributed by atoms with van der Waals surface area (Å²) in [5.41, 5.74) is 8.80. The molecule has 1 aliphatic rings. The predicted molar refractivity (Wildman–Crippen MR) is 132 cm³/mol. The number of nitrogens with zero attached hydrogens (tertiary/aromatic N) is 1. The van der Waals surface area contributed by atoms with E-state index < -0.39 is 23.1 Å². The molecule has 9 heteroatoms. The van der Waals surface area contributed by atoms with Gasteiger partial charge in [-0.25, -0.2) is 9.18 Å². The number of aromatic nitrogens is 2. The minimum absolute atomic E-state index is 0.153. The average molecular weight is 489 g/mol. The van der Waals surface area contributed by atoms with Gasteiger partial charge in [-0.1, -0.05) is 32.0 Å². The van der Waals surface area contributed by atoms with Gasteiger partial charge in [0.1, 0.15) is 5.82 Å². The number of amides is 2. The summed E-state index contributed by atoms with van der Waals surface area (Å²) in [7, 11) is 0. The Balaban J connectivity index is 1.79. The lowest BCUT2D eigenvalue weighted by Crippen LogP contribution is -2.39. The van der Waals surface area contributed by atoms with Crippen LogP contribution >= 0.6 is 0 Å². The molecule has 0 radical (unpaired) electrons. The first-order valence-corrected chi connectivity index (χ1v) is 11.6. The van der Waals surface area contributed by atoms with Crippen LogP contribution in [0.15, 0.2) is 51.7 Å². The summed E-state index contributed by atoms with van der Waals surface area (Å²) in [6.07, 6.45) is 0.821. The number of fused-ring (bicyclic) bond motifs is 2. The summed E-state index contributed by atoms with van der Waals surface area (Å²) >= 11 is 0. The van der Waals surface area contributed by atoms with E-state index in [4.69, 9.17) is 15.1 Å². The number of nitrogens with two attached hydrogens (primary N) is 1. The summed E-state index contributed by atoms with van der Waals surface area (Å²) in [4.78, 5) is 45.4. The van der Waals surface area contributed by atoms with Crippen LogP contribution in [0, 0.1) is 11.7 Å². The lowest BCUT2D eigenvalue weighted by Gasteiger charge is -2.26. The zero-order valence-electron chi connectivity index (χ0n) is 20.1. The molecule has 2 aromatic carbocycles. The molecular formula is C27H25FN4O4. The predicted octanol–water partition coefficient (Wildman–Crippen LogP) is 3.82. The van der Waals surface area contributed by atoms with Gasteiger partial charge in [-0.2, -0.15) is 0 Å². The van der Waals surface area contributed by atoms with Crippen molar-refractivity contribution in [3.8, 4) is 11.1 Å². The molecule has 4 N–H and O–H groups in total. The highest BCUT2D eigenvalue weighted by Crippen LogP contribution is 2.41. The zero-order valence-corrected chi connectivity index (χ0v) is 20.1. The van der Waals surface area contributed by atoms with Crippen molar-refractivity contribution in [3.05, 3.63) is 86.9 Å². The van der Waals surface area contributed by atoms with Crippen molar-refractivity contribution in [2.45, 2.75) is 39.2 Å². The van der Waals surface area contributed by atoms with Crippen molar-refractivity contribution >= 4 is 22.9 Å². The van der Waals surface area contributed by atoms with E-state index in [0.717, 1.165) is 5.56 Å². The third-order valence-electron chi connectivity index (χ3n) is 6.44. The largest absolute Gasteiger partial charge is 0.417 e. The van der Waals surface area contributed by atoms with Crippen LogP contribution in [0.1, 0.15) is 58.4 Å². The number of carbonyl (C=O) groups is 2. The Hall–Kier alpha value is -4.27. The first kappa shape index (κ1) is 23.5. The Morgan fingerprint density at radius 1 is 1.14 bits per heavy atom. The van der Waals surface area contributed by atoms with E-state index in [9.17, 15) is 18.8 Å². The molecule has 0 spiro atoms. The fraction of sp³-hybridized carbons (Fsp3) is 0.259. The highest BCUT2D eigenvalue weighted by atomic mass is 19.1. The smallest absolute Gasteiger partial charge is 0.408 e. The van der Waals surface area contributed by atoms with Gasteiger partial charge in [-0.05, 0) is 54.7 Å². The van der Waals surface area contributed by atoms with Crippen molar-refractivity contribution in [2.75, 3.05) is 0 Å². The summed E-state index contributed by atoms with van der Waals surface area (Å²) in [6, 6.07) is 11.0. The van der Waals surface area contributed by atoms with E-state index in [-0.39, 0.29) is 28.4 Å². The summed E-state index contributed by atoms with van der Waals surface area (Å²) in [6.45, 7) is 5.86. The molecule has 1 aliphatic heterocycles. The molecule has 0 bridgehead atoms. The maximum absolute atomic E-state index is 13.5. The zero-order chi connectivity index (χ0) is 25.8. The lowest BCUT2D eigenvalue weighted by atomic mass is 9.84. The molecule has 184 valence electrons. The van der Waals surface area contributed by atoms with Gasteiger partial charge < -0.3 is 15.5 Å². The molecule has 4 aromatic rings. The van der Waals surface area contributed by atoms with Crippen LogP contribution in [0.5, 0.6) is 0 Å². The number of hydrogen-bond acceptors (Lipinski definition) is 5. The van der Waals surface area contributed by atoms with Gasteiger partial charge in [0.15, 0.2) is 5.58 Å². The summed E-state index contributed by atoms with van der Waals surface area (Å²) < 4.78 is 18.7. The molecule has 1 atom stereocenters. The number of primary amides is 1. The number of oxazole rings is 1. The van der Waals surface area contributed by atoms with Crippen molar-refractivity contribution in [3.63, 3.8) is 0 Å². The van der Waals surface area contributed by atoms with Gasteiger partial charge in [-0.3, -0.25) is 19.6 Å². The minimum atomic E-state index is -0.911. The van der Waals surface area contributed by atoms with Gasteiger partial charge >= 0.3 is 5.76 Å². The number of carbonyl (C=O) groups excluding carboxylic acids is 2. The Labute approximate surface area is 205 Å². The van der Waals surface area contributed by atoms with Crippen molar-refractivity contribution < 1.29 is 18.4 Å². The number of hydrogen-bond donors (Lipinski definition) is 3. The highest BCUT2D eigenvalue weighted by molar-refractivity contribution is 6.12.